The van der Waals surface area contributed by atoms with Crippen molar-refractivity contribution >= 4 is 29.2 Å². The molecular weight excluding hydrogens is 474 g/mol. The van der Waals surface area contributed by atoms with Crippen molar-refractivity contribution in [3.63, 3.8) is 0 Å². The Kier molecular flexibility index (Phi) is 7.53. The van der Waals surface area contributed by atoms with Crippen LogP contribution in [0.1, 0.15) is 52.7 Å². The number of nitrogens with zero attached hydrogens (tertiary/aromatic N) is 5. The van der Waals surface area contributed by atoms with Crippen molar-refractivity contribution in [2.45, 2.75) is 51.3 Å². The molecule has 0 unspecified atom stereocenters. The Morgan fingerprint density at radius 3 is 2.46 bits per heavy atom. The molecule has 1 aliphatic carbocycles. The first-order valence-electron chi connectivity index (χ1n) is 11.7. The summed E-state index contributed by atoms with van der Waals surface area (Å²) in [5, 5.41) is 17.6. The Labute approximate surface area is 207 Å². The van der Waals surface area contributed by atoms with Crippen LogP contribution in [0.5, 0.6) is 0 Å². The lowest BCUT2D eigenvalue weighted by atomic mass is 9.89. The summed E-state index contributed by atoms with van der Waals surface area (Å²) < 4.78 is 8.68. The molecule has 0 bridgehead atoms. The predicted octanol–water partition coefficient (Wildman–Crippen LogP) is 1.81. The number of carbonyl (C=O) groups excluding carboxylic acids is 1. The maximum Gasteiger partial charge on any atom is 0.414 e. The van der Waals surface area contributed by atoms with Crippen molar-refractivity contribution in [1.29, 1.82) is 0 Å². The quantitative estimate of drug-likeness (QED) is 0.583. The van der Waals surface area contributed by atoms with Crippen LogP contribution in [0.25, 0.3) is 0 Å². The third-order valence-electron chi connectivity index (χ3n) is 6.62. The number of carboxylic acids is 2. The largest absolute Gasteiger partial charge is 0.473 e. The van der Waals surface area contributed by atoms with Crippen LogP contribution in [0.4, 0.5) is 0 Å². The molecule has 35 heavy (non-hydrogen) atoms. The first-order chi connectivity index (χ1) is 16.7. The number of hydrogen-bond donors (Lipinski definition) is 2. The van der Waals surface area contributed by atoms with Crippen LogP contribution in [0.2, 0.25) is 0 Å². The smallest absolute Gasteiger partial charge is 0.414 e. The van der Waals surface area contributed by atoms with Gasteiger partial charge in [-0.2, -0.15) is 0 Å². The molecule has 0 radical (unpaired) electrons. The molecule has 12 heteroatoms. The van der Waals surface area contributed by atoms with Crippen molar-refractivity contribution in [3.05, 3.63) is 33.8 Å². The highest BCUT2D eigenvalue weighted by molar-refractivity contribution is 7.09. The number of aryl methyl sites for hydroxylation is 1. The normalized spacial score (nSPS) is 18.7. The molecule has 2 aliphatic heterocycles. The van der Waals surface area contributed by atoms with E-state index < -0.39 is 11.9 Å². The Morgan fingerprint density at radius 2 is 1.89 bits per heavy atom. The Bertz CT molecular complexity index is 1070. The summed E-state index contributed by atoms with van der Waals surface area (Å²) in [5.41, 5.74) is 1.48. The van der Waals surface area contributed by atoms with Crippen molar-refractivity contribution in [2.24, 2.45) is 5.92 Å². The van der Waals surface area contributed by atoms with E-state index in [0.29, 0.717) is 25.4 Å². The van der Waals surface area contributed by atoms with Crippen LogP contribution >= 0.6 is 11.3 Å². The molecule has 1 saturated carbocycles. The number of aromatic nitrogens is 3. The van der Waals surface area contributed by atoms with E-state index in [4.69, 9.17) is 29.5 Å². The van der Waals surface area contributed by atoms with Crippen molar-refractivity contribution in [2.75, 3.05) is 33.3 Å². The van der Waals surface area contributed by atoms with Crippen molar-refractivity contribution in [1.82, 2.24) is 24.3 Å². The van der Waals surface area contributed by atoms with E-state index in [0.717, 1.165) is 42.7 Å². The molecule has 1 amide bonds. The van der Waals surface area contributed by atoms with E-state index in [1.54, 1.807) is 0 Å². The molecule has 2 aromatic rings. The third kappa shape index (κ3) is 5.88. The number of aliphatic carboxylic acids is 2. The molecule has 5 rings (SSSR count). The van der Waals surface area contributed by atoms with Crippen LogP contribution in [-0.4, -0.2) is 85.7 Å². The first-order valence-corrected chi connectivity index (χ1v) is 12.6. The molecule has 4 heterocycles. The Balaban J connectivity index is 0.000000431. The zero-order valence-electron chi connectivity index (χ0n) is 20.0. The van der Waals surface area contributed by atoms with Gasteiger partial charge in [0.15, 0.2) is 0 Å². The van der Waals surface area contributed by atoms with Gasteiger partial charge >= 0.3 is 11.9 Å². The Morgan fingerprint density at radius 1 is 1.20 bits per heavy atom. The number of thiazole rings is 1. The van der Waals surface area contributed by atoms with Gasteiger partial charge in [0, 0.05) is 57.1 Å². The number of carbonyl (C=O) groups is 3. The zero-order chi connectivity index (χ0) is 25.2. The zero-order valence-corrected chi connectivity index (χ0v) is 20.8. The molecule has 2 fully saturated rings. The summed E-state index contributed by atoms with van der Waals surface area (Å²) in [5.74, 6) is -1.67. The average molecular weight is 506 g/mol. The highest BCUT2D eigenvalue weighted by Crippen LogP contribution is 2.39. The average Bonchev–Trinajstić information content (AvgIpc) is 3.37. The number of rotatable bonds is 5. The number of hydrogen-bond acceptors (Lipinski definition) is 8. The number of carboxylic acid groups (broad SMARTS) is 2. The summed E-state index contributed by atoms with van der Waals surface area (Å²) in [6.45, 7) is 6.98. The molecule has 0 aromatic carbocycles. The van der Waals surface area contributed by atoms with Gasteiger partial charge < -0.3 is 29.3 Å². The molecule has 2 aromatic heterocycles. The fourth-order valence-electron chi connectivity index (χ4n) is 4.69. The van der Waals surface area contributed by atoms with Gasteiger partial charge in [-0.25, -0.2) is 19.6 Å². The van der Waals surface area contributed by atoms with Crippen LogP contribution in [-0.2, 0) is 33.0 Å². The number of imidazole rings is 1. The van der Waals surface area contributed by atoms with Gasteiger partial charge in [-0.05, 0) is 32.7 Å². The monoisotopic (exact) mass is 505 g/mol. The van der Waals surface area contributed by atoms with Gasteiger partial charge in [0.25, 0.3) is 5.91 Å². The van der Waals surface area contributed by atoms with Gasteiger partial charge in [-0.3, -0.25) is 4.79 Å². The number of likely N-dealkylation sites (tertiary alicyclic amines) is 1. The topological polar surface area (TPSA) is 138 Å². The molecule has 11 nitrogen and oxygen atoms in total. The third-order valence-corrected chi connectivity index (χ3v) is 7.39. The van der Waals surface area contributed by atoms with E-state index in [1.807, 2.05) is 23.4 Å². The van der Waals surface area contributed by atoms with Crippen LogP contribution in [0.3, 0.4) is 0 Å². The van der Waals surface area contributed by atoms with Gasteiger partial charge in [-0.15, -0.1) is 11.3 Å². The van der Waals surface area contributed by atoms with Crippen LogP contribution < -0.4 is 0 Å². The number of ether oxygens (including phenoxy) is 1. The fraction of sp³-hybridized carbons (Fsp3) is 0.609. The van der Waals surface area contributed by atoms with Crippen LogP contribution in [0, 0.1) is 12.8 Å². The van der Waals surface area contributed by atoms with Crippen LogP contribution in [0.15, 0.2) is 11.6 Å². The molecule has 1 saturated heterocycles. The lowest BCUT2D eigenvalue weighted by molar-refractivity contribution is -0.159. The molecule has 0 atom stereocenters. The summed E-state index contributed by atoms with van der Waals surface area (Å²) in [4.78, 5) is 44.4. The van der Waals surface area contributed by atoms with Gasteiger partial charge in [0.2, 0.25) is 0 Å². The van der Waals surface area contributed by atoms with Crippen molar-refractivity contribution < 1.29 is 29.3 Å². The minimum atomic E-state index is -1.82. The standard InChI is InChI=1S/C21H29N5O2S.C2H2O4/c1-15-23-18(14-29-15)19(27)25-7-5-21(6-8-25)20-22-11-17(26(20)9-10-28-21)13-24(2)12-16-3-4-16;3-1(4)2(5)6/h11,14,16H,3-10,12-13H2,1-2H3;(H,3,4)(H,5,6). The van der Waals surface area contributed by atoms with E-state index >= 15 is 0 Å². The SMILES string of the molecule is Cc1nc(C(=O)N2CCC3(CC2)OCCn2c(CN(C)CC4CC4)cnc23)cs1.O=C(O)C(=O)O. The second-order valence-electron chi connectivity index (χ2n) is 9.36. The lowest BCUT2D eigenvalue weighted by Crippen LogP contribution is -2.50. The molecule has 1 spiro atoms. The summed E-state index contributed by atoms with van der Waals surface area (Å²) in [6, 6.07) is 0. The molecule has 3 aliphatic rings. The van der Waals surface area contributed by atoms with Gasteiger partial charge in [-0.1, -0.05) is 0 Å². The maximum atomic E-state index is 12.8. The van der Waals surface area contributed by atoms with Crippen molar-refractivity contribution in [3.8, 4) is 0 Å². The predicted molar refractivity (Wildman–Crippen MR) is 126 cm³/mol. The minimum Gasteiger partial charge on any atom is -0.473 e. The molecule has 190 valence electrons. The number of piperidine rings is 1. The second-order valence-corrected chi connectivity index (χ2v) is 10.4. The summed E-state index contributed by atoms with van der Waals surface area (Å²) >= 11 is 1.52. The van der Waals surface area contributed by atoms with E-state index in [-0.39, 0.29) is 11.5 Å². The number of amides is 1. The van der Waals surface area contributed by atoms with Gasteiger partial charge in [0.1, 0.15) is 17.1 Å². The highest BCUT2D eigenvalue weighted by Gasteiger charge is 2.44. The summed E-state index contributed by atoms with van der Waals surface area (Å²) in [7, 11) is 2.21. The Hall–Kier alpha value is -2.83. The maximum absolute atomic E-state index is 12.8. The first kappa shape index (κ1) is 25.3. The fourth-order valence-corrected chi connectivity index (χ4v) is 5.28. The molecular formula is C23H31N5O6S. The minimum absolute atomic E-state index is 0.0331. The van der Waals surface area contributed by atoms with E-state index in [2.05, 4.69) is 21.5 Å². The van der Waals surface area contributed by atoms with E-state index in [9.17, 15) is 4.79 Å². The molecule has 2 N–H and O–H groups in total. The summed E-state index contributed by atoms with van der Waals surface area (Å²) in [6.07, 6.45) is 6.36. The van der Waals surface area contributed by atoms with E-state index in [1.165, 1.54) is 36.4 Å². The highest BCUT2D eigenvalue weighted by atomic mass is 32.1. The second kappa shape index (κ2) is 10.4. The lowest BCUT2D eigenvalue weighted by Gasteiger charge is -2.43. The number of fused-ring (bicyclic) bond motifs is 2. The van der Waals surface area contributed by atoms with Gasteiger partial charge in [0.05, 0.1) is 17.3 Å².